The molecule has 1 rings (SSSR count). The minimum Gasteiger partial charge on any atom is -0.454 e. The van der Waals surface area contributed by atoms with E-state index < -0.39 is 22.9 Å². The van der Waals surface area contributed by atoms with Gasteiger partial charge in [0.05, 0.1) is 15.5 Å². The molecule has 0 saturated carbocycles. The molecule has 1 aromatic rings. The van der Waals surface area contributed by atoms with E-state index >= 15 is 0 Å². The Bertz CT molecular complexity index is 562. The largest absolute Gasteiger partial charge is 0.454 e. The number of esters is 1. The van der Waals surface area contributed by atoms with Gasteiger partial charge in [0.15, 0.2) is 12.4 Å². The zero-order chi connectivity index (χ0) is 15.5. The van der Waals surface area contributed by atoms with Crippen LogP contribution in [0, 0.1) is 15.5 Å². The van der Waals surface area contributed by atoms with Crippen molar-refractivity contribution in [2.24, 2.45) is 5.41 Å². The predicted octanol–water partition coefficient (Wildman–Crippen LogP) is 3.02. The summed E-state index contributed by atoms with van der Waals surface area (Å²) in [5.41, 5.74) is -1.04. The molecule has 0 unspecified atom stereocenters. The van der Waals surface area contributed by atoms with Gasteiger partial charge in [0, 0.05) is 17.5 Å². The quantitative estimate of drug-likeness (QED) is 0.484. The first kappa shape index (κ1) is 16.1. The van der Waals surface area contributed by atoms with Gasteiger partial charge in [-0.15, -0.1) is 0 Å². The van der Waals surface area contributed by atoms with Gasteiger partial charge in [-0.05, 0) is 6.07 Å². The number of carbonyl (C=O) groups is 2. The van der Waals surface area contributed by atoms with E-state index in [2.05, 4.69) is 0 Å². The maximum atomic E-state index is 11.8. The predicted molar refractivity (Wildman–Crippen MR) is 72.9 cm³/mol. The number of non-ortho nitro benzene ring substituents is 1. The summed E-state index contributed by atoms with van der Waals surface area (Å²) in [6.07, 6.45) is 0. The number of Topliss-reactive ketones (excluding diaryl/α,β-unsaturated/α-hetero) is 1. The zero-order valence-corrected chi connectivity index (χ0v) is 12.1. The summed E-state index contributed by atoms with van der Waals surface area (Å²) >= 11 is 5.79. The summed E-state index contributed by atoms with van der Waals surface area (Å²) in [6.45, 7) is 4.69. The van der Waals surface area contributed by atoms with E-state index in [1.54, 1.807) is 20.8 Å². The Morgan fingerprint density at radius 1 is 1.35 bits per heavy atom. The average Bonchev–Trinajstić information content (AvgIpc) is 2.34. The van der Waals surface area contributed by atoms with Crippen LogP contribution in [0.15, 0.2) is 18.2 Å². The third-order valence-corrected chi connectivity index (χ3v) is 2.88. The summed E-state index contributed by atoms with van der Waals surface area (Å²) in [6, 6.07) is 3.44. The Balaban J connectivity index is 2.85. The maximum Gasteiger partial charge on any atom is 0.340 e. The highest BCUT2D eigenvalue weighted by molar-refractivity contribution is 6.33. The molecule has 0 aliphatic carbocycles. The van der Waals surface area contributed by atoms with Gasteiger partial charge < -0.3 is 4.74 Å². The molecule has 0 saturated heterocycles. The van der Waals surface area contributed by atoms with Crippen molar-refractivity contribution in [1.29, 1.82) is 0 Å². The molecule has 0 spiro atoms. The number of hydrogen-bond acceptors (Lipinski definition) is 5. The fourth-order valence-corrected chi connectivity index (χ4v) is 1.40. The van der Waals surface area contributed by atoms with E-state index in [0.29, 0.717) is 0 Å². The lowest BCUT2D eigenvalue weighted by molar-refractivity contribution is -0.384. The molecule has 0 aliphatic rings. The number of ether oxygens (including phenoxy) is 1. The molecule has 1 aromatic carbocycles. The van der Waals surface area contributed by atoms with Gasteiger partial charge in [-0.3, -0.25) is 14.9 Å². The molecule has 7 heteroatoms. The number of halogens is 1. The van der Waals surface area contributed by atoms with E-state index in [0.717, 1.165) is 6.07 Å². The Morgan fingerprint density at radius 2 is 1.95 bits per heavy atom. The van der Waals surface area contributed by atoms with Crippen molar-refractivity contribution in [2.45, 2.75) is 20.8 Å². The fraction of sp³-hybridized carbons (Fsp3) is 0.385. The molecular formula is C13H14ClNO5. The standard InChI is InChI=1S/C13H14ClNO5/c1-13(2,3)11(16)7-20-12(17)9-6-8(15(18)19)4-5-10(9)14/h4-6H,7H2,1-3H3. The number of carbonyl (C=O) groups excluding carboxylic acids is 2. The Labute approximate surface area is 120 Å². The molecule has 0 radical (unpaired) electrons. The molecule has 6 nitrogen and oxygen atoms in total. The normalized spacial score (nSPS) is 11.0. The number of nitro benzene ring substituents is 1. The smallest absolute Gasteiger partial charge is 0.340 e. The second-order valence-electron chi connectivity index (χ2n) is 5.17. The lowest BCUT2D eigenvalue weighted by Gasteiger charge is -2.16. The maximum absolute atomic E-state index is 11.8. The Kier molecular flexibility index (Phi) is 4.83. The van der Waals surface area contributed by atoms with Crippen molar-refractivity contribution in [3.05, 3.63) is 38.9 Å². The molecule has 0 aromatic heterocycles. The molecule has 20 heavy (non-hydrogen) atoms. The monoisotopic (exact) mass is 299 g/mol. The fourth-order valence-electron chi connectivity index (χ4n) is 1.21. The van der Waals surface area contributed by atoms with Gasteiger partial charge >= 0.3 is 5.97 Å². The number of rotatable bonds is 4. The average molecular weight is 300 g/mol. The Morgan fingerprint density at radius 3 is 2.45 bits per heavy atom. The zero-order valence-electron chi connectivity index (χ0n) is 11.3. The number of ketones is 1. The highest BCUT2D eigenvalue weighted by Gasteiger charge is 2.24. The van der Waals surface area contributed by atoms with Crippen LogP contribution in [0.5, 0.6) is 0 Å². The van der Waals surface area contributed by atoms with Crippen LogP contribution in [0.25, 0.3) is 0 Å². The first-order valence-corrected chi connectivity index (χ1v) is 6.15. The van der Waals surface area contributed by atoms with Crippen molar-refractivity contribution in [3.63, 3.8) is 0 Å². The molecule has 0 bridgehead atoms. The van der Waals surface area contributed by atoms with Gasteiger partial charge in [0.2, 0.25) is 0 Å². The summed E-state index contributed by atoms with van der Waals surface area (Å²) < 4.78 is 4.84. The van der Waals surface area contributed by atoms with E-state index in [1.807, 2.05) is 0 Å². The molecule has 0 aliphatic heterocycles. The van der Waals surface area contributed by atoms with Crippen LogP contribution in [0.1, 0.15) is 31.1 Å². The minimum absolute atomic E-state index is 0.0313. The van der Waals surface area contributed by atoms with E-state index in [-0.39, 0.29) is 22.1 Å². The van der Waals surface area contributed by atoms with E-state index in [4.69, 9.17) is 16.3 Å². The van der Waals surface area contributed by atoms with Crippen LogP contribution < -0.4 is 0 Å². The van der Waals surface area contributed by atoms with Crippen molar-refractivity contribution in [1.82, 2.24) is 0 Å². The summed E-state index contributed by atoms with van der Waals surface area (Å²) in [5, 5.41) is 10.7. The van der Waals surface area contributed by atoms with Crippen LogP contribution in [0.2, 0.25) is 5.02 Å². The van der Waals surface area contributed by atoms with Crippen molar-refractivity contribution >= 4 is 29.0 Å². The second-order valence-corrected chi connectivity index (χ2v) is 5.58. The lowest BCUT2D eigenvalue weighted by Crippen LogP contribution is -2.26. The molecule has 0 atom stereocenters. The van der Waals surface area contributed by atoms with Crippen molar-refractivity contribution in [2.75, 3.05) is 6.61 Å². The minimum atomic E-state index is -0.865. The Hall–Kier alpha value is -1.95. The van der Waals surface area contributed by atoms with E-state index in [9.17, 15) is 19.7 Å². The molecule has 0 N–H and O–H groups in total. The summed E-state index contributed by atoms with van der Waals surface area (Å²) in [5.74, 6) is -1.12. The summed E-state index contributed by atoms with van der Waals surface area (Å²) in [4.78, 5) is 33.4. The van der Waals surface area contributed by atoms with Crippen LogP contribution in [-0.4, -0.2) is 23.3 Å². The van der Waals surface area contributed by atoms with Gasteiger partial charge in [-0.2, -0.15) is 0 Å². The number of nitro groups is 1. The lowest BCUT2D eigenvalue weighted by atomic mass is 9.91. The highest BCUT2D eigenvalue weighted by Crippen LogP contribution is 2.23. The molecular weight excluding hydrogens is 286 g/mol. The number of benzene rings is 1. The van der Waals surface area contributed by atoms with Gasteiger partial charge in [-0.1, -0.05) is 32.4 Å². The summed E-state index contributed by atoms with van der Waals surface area (Å²) in [7, 11) is 0. The topological polar surface area (TPSA) is 86.5 Å². The first-order chi connectivity index (χ1) is 9.12. The second kappa shape index (κ2) is 6.00. The number of nitrogens with zero attached hydrogens (tertiary/aromatic N) is 1. The SMILES string of the molecule is CC(C)(C)C(=O)COC(=O)c1cc([N+](=O)[O-])ccc1Cl. The van der Waals surface area contributed by atoms with Crippen molar-refractivity contribution in [3.8, 4) is 0 Å². The van der Waals surface area contributed by atoms with Crippen LogP contribution in [0.3, 0.4) is 0 Å². The third-order valence-electron chi connectivity index (χ3n) is 2.55. The highest BCUT2D eigenvalue weighted by atomic mass is 35.5. The molecule has 108 valence electrons. The molecule has 0 fully saturated rings. The van der Waals surface area contributed by atoms with Gasteiger partial charge in [0.1, 0.15) is 0 Å². The van der Waals surface area contributed by atoms with E-state index in [1.165, 1.54) is 12.1 Å². The van der Waals surface area contributed by atoms with Crippen LogP contribution in [-0.2, 0) is 9.53 Å². The van der Waals surface area contributed by atoms with Gasteiger partial charge in [0.25, 0.3) is 5.69 Å². The van der Waals surface area contributed by atoms with Crippen LogP contribution in [0.4, 0.5) is 5.69 Å². The molecule has 0 amide bonds. The van der Waals surface area contributed by atoms with Crippen LogP contribution >= 0.6 is 11.6 Å². The first-order valence-electron chi connectivity index (χ1n) is 5.77. The molecule has 0 heterocycles. The van der Waals surface area contributed by atoms with Gasteiger partial charge in [-0.25, -0.2) is 4.79 Å². The van der Waals surface area contributed by atoms with Crippen molar-refractivity contribution < 1.29 is 19.2 Å². The number of hydrogen-bond donors (Lipinski definition) is 0. The third kappa shape index (κ3) is 4.03.